The van der Waals surface area contributed by atoms with Crippen LogP contribution in [0.15, 0.2) is 18.2 Å². The van der Waals surface area contributed by atoms with Crippen molar-refractivity contribution in [3.05, 3.63) is 34.9 Å². The van der Waals surface area contributed by atoms with Crippen LogP contribution in [0.2, 0.25) is 0 Å². The number of hydrogen-bond donors (Lipinski definition) is 1. The lowest BCUT2D eigenvalue weighted by molar-refractivity contribution is 0.185. The molecule has 2 N–H and O–H groups in total. The van der Waals surface area contributed by atoms with E-state index in [0.29, 0.717) is 18.9 Å². The Morgan fingerprint density at radius 2 is 1.71 bits per heavy atom. The van der Waals surface area contributed by atoms with Gasteiger partial charge in [-0.2, -0.15) is 0 Å². The van der Waals surface area contributed by atoms with Crippen LogP contribution < -0.4 is 5.73 Å². The number of benzene rings is 1. The number of halogens is 1. The number of rotatable bonds is 5. The summed E-state index contributed by atoms with van der Waals surface area (Å²) in [6.07, 6.45) is -0.363. The molecule has 0 aliphatic carbocycles. The quantitative estimate of drug-likeness (QED) is 0.834. The Hall–Kier alpha value is -0.890. The standard InChI is InChI=1S/C15H24FN/c1-10(2)14(9-17)15(16)8-13-11(3)6-5-7-12(13)4/h5-7,10,14-15H,8-9,17H2,1-4H3. The van der Waals surface area contributed by atoms with Crippen LogP contribution in [0.5, 0.6) is 0 Å². The van der Waals surface area contributed by atoms with Gasteiger partial charge in [0.15, 0.2) is 0 Å². The molecule has 0 radical (unpaired) electrons. The first kappa shape index (κ1) is 14.2. The number of alkyl halides is 1. The summed E-state index contributed by atoms with van der Waals surface area (Å²) in [7, 11) is 0. The Bertz CT molecular complexity index is 340. The van der Waals surface area contributed by atoms with Crippen molar-refractivity contribution in [2.75, 3.05) is 6.54 Å². The van der Waals surface area contributed by atoms with Gasteiger partial charge in [0.1, 0.15) is 6.17 Å². The van der Waals surface area contributed by atoms with Gasteiger partial charge >= 0.3 is 0 Å². The van der Waals surface area contributed by atoms with E-state index in [4.69, 9.17) is 5.73 Å². The van der Waals surface area contributed by atoms with Gasteiger partial charge in [0.25, 0.3) is 0 Å². The first-order valence-corrected chi connectivity index (χ1v) is 6.36. The highest BCUT2D eigenvalue weighted by molar-refractivity contribution is 5.34. The van der Waals surface area contributed by atoms with Crippen molar-refractivity contribution in [2.45, 2.75) is 40.3 Å². The van der Waals surface area contributed by atoms with Crippen molar-refractivity contribution in [3.63, 3.8) is 0 Å². The molecule has 0 aliphatic heterocycles. The van der Waals surface area contributed by atoms with E-state index in [9.17, 15) is 4.39 Å². The maximum atomic E-state index is 14.3. The molecule has 1 aromatic carbocycles. The normalized spacial score (nSPS) is 15.0. The van der Waals surface area contributed by atoms with E-state index in [1.807, 2.05) is 45.9 Å². The molecule has 0 spiro atoms. The number of hydrogen-bond acceptors (Lipinski definition) is 1. The van der Waals surface area contributed by atoms with Gasteiger partial charge in [0, 0.05) is 12.3 Å². The molecular formula is C15H24FN. The predicted molar refractivity (Wildman–Crippen MR) is 71.9 cm³/mol. The highest BCUT2D eigenvalue weighted by Gasteiger charge is 2.24. The molecule has 0 fully saturated rings. The second-order valence-corrected chi connectivity index (χ2v) is 5.23. The molecule has 2 heteroatoms. The van der Waals surface area contributed by atoms with Gasteiger partial charge in [-0.15, -0.1) is 0 Å². The summed E-state index contributed by atoms with van der Waals surface area (Å²) < 4.78 is 14.3. The minimum Gasteiger partial charge on any atom is -0.330 e. The molecular weight excluding hydrogens is 213 g/mol. The van der Waals surface area contributed by atoms with Gasteiger partial charge in [-0.1, -0.05) is 32.0 Å². The van der Waals surface area contributed by atoms with Crippen molar-refractivity contribution in [2.24, 2.45) is 17.6 Å². The average molecular weight is 237 g/mol. The van der Waals surface area contributed by atoms with Crippen LogP contribution in [0.3, 0.4) is 0 Å². The van der Waals surface area contributed by atoms with E-state index in [1.54, 1.807) is 0 Å². The molecule has 1 aromatic rings. The van der Waals surface area contributed by atoms with E-state index in [-0.39, 0.29) is 5.92 Å². The number of nitrogens with two attached hydrogens (primary N) is 1. The predicted octanol–water partition coefficient (Wildman–Crippen LogP) is 3.41. The molecule has 0 bridgehead atoms. The lowest BCUT2D eigenvalue weighted by atomic mass is 9.86. The summed E-state index contributed by atoms with van der Waals surface area (Å²) in [6.45, 7) is 8.58. The Morgan fingerprint density at radius 1 is 1.18 bits per heavy atom. The molecule has 17 heavy (non-hydrogen) atoms. The summed E-state index contributed by atoms with van der Waals surface area (Å²) in [5.74, 6) is 0.244. The maximum absolute atomic E-state index is 14.3. The molecule has 0 heterocycles. The molecule has 96 valence electrons. The van der Waals surface area contributed by atoms with Crippen molar-refractivity contribution in [1.82, 2.24) is 0 Å². The topological polar surface area (TPSA) is 26.0 Å². The second-order valence-electron chi connectivity index (χ2n) is 5.23. The second kappa shape index (κ2) is 6.15. The van der Waals surface area contributed by atoms with Crippen molar-refractivity contribution in [1.29, 1.82) is 0 Å². The van der Waals surface area contributed by atoms with Crippen LogP contribution in [-0.4, -0.2) is 12.7 Å². The fourth-order valence-electron chi connectivity index (χ4n) is 2.35. The molecule has 2 atom stereocenters. The van der Waals surface area contributed by atoms with Crippen LogP contribution in [0, 0.1) is 25.7 Å². The monoisotopic (exact) mass is 237 g/mol. The zero-order valence-electron chi connectivity index (χ0n) is 11.3. The first-order chi connectivity index (χ1) is 7.97. The van der Waals surface area contributed by atoms with E-state index < -0.39 is 6.17 Å². The Morgan fingerprint density at radius 3 is 2.12 bits per heavy atom. The summed E-state index contributed by atoms with van der Waals surface area (Å²) in [4.78, 5) is 0. The summed E-state index contributed by atoms with van der Waals surface area (Å²) in [6, 6.07) is 6.11. The average Bonchev–Trinajstić information content (AvgIpc) is 2.24. The fourth-order valence-corrected chi connectivity index (χ4v) is 2.35. The molecule has 1 rings (SSSR count). The molecule has 0 saturated heterocycles. The van der Waals surface area contributed by atoms with Gasteiger partial charge in [0.05, 0.1) is 0 Å². The van der Waals surface area contributed by atoms with Gasteiger partial charge in [-0.25, -0.2) is 4.39 Å². The lowest BCUT2D eigenvalue weighted by Crippen LogP contribution is -2.31. The summed E-state index contributed by atoms with van der Waals surface area (Å²) in [5, 5.41) is 0. The molecule has 0 aromatic heterocycles. The van der Waals surface area contributed by atoms with Gasteiger partial charge in [0.2, 0.25) is 0 Å². The zero-order chi connectivity index (χ0) is 13.0. The van der Waals surface area contributed by atoms with Crippen LogP contribution in [0.4, 0.5) is 4.39 Å². The molecule has 0 amide bonds. The molecule has 0 saturated carbocycles. The minimum atomic E-state index is -0.847. The SMILES string of the molecule is Cc1cccc(C)c1CC(F)C(CN)C(C)C. The van der Waals surface area contributed by atoms with Crippen LogP contribution >= 0.6 is 0 Å². The number of aryl methyl sites for hydroxylation is 2. The van der Waals surface area contributed by atoms with Crippen molar-refractivity contribution in [3.8, 4) is 0 Å². The summed E-state index contributed by atoms with van der Waals surface area (Å²) >= 11 is 0. The third-order valence-corrected chi connectivity index (χ3v) is 3.64. The van der Waals surface area contributed by atoms with Gasteiger partial charge in [-0.05, 0) is 43.0 Å². The van der Waals surface area contributed by atoms with Crippen LogP contribution in [0.25, 0.3) is 0 Å². The molecule has 1 nitrogen and oxygen atoms in total. The maximum Gasteiger partial charge on any atom is 0.108 e. The van der Waals surface area contributed by atoms with Crippen LogP contribution in [0.1, 0.15) is 30.5 Å². The highest BCUT2D eigenvalue weighted by atomic mass is 19.1. The Kier molecular flexibility index (Phi) is 5.13. The fraction of sp³-hybridized carbons (Fsp3) is 0.600. The molecule has 2 unspecified atom stereocenters. The Balaban J connectivity index is 2.83. The first-order valence-electron chi connectivity index (χ1n) is 6.36. The van der Waals surface area contributed by atoms with E-state index in [1.165, 1.54) is 11.1 Å². The largest absolute Gasteiger partial charge is 0.330 e. The lowest BCUT2D eigenvalue weighted by Gasteiger charge is -2.24. The minimum absolute atomic E-state index is 0.0472. The van der Waals surface area contributed by atoms with Crippen molar-refractivity contribution < 1.29 is 4.39 Å². The zero-order valence-corrected chi connectivity index (χ0v) is 11.3. The van der Waals surface area contributed by atoms with E-state index >= 15 is 0 Å². The molecule has 0 aliphatic rings. The van der Waals surface area contributed by atoms with Crippen LogP contribution in [-0.2, 0) is 6.42 Å². The van der Waals surface area contributed by atoms with E-state index in [0.717, 1.165) is 5.56 Å². The summed E-state index contributed by atoms with van der Waals surface area (Å²) in [5.41, 5.74) is 9.15. The third-order valence-electron chi connectivity index (χ3n) is 3.64. The van der Waals surface area contributed by atoms with Gasteiger partial charge < -0.3 is 5.73 Å². The Labute approximate surface area is 104 Å². The smallest absolute Gasteiger partial charge is 0.108 e. The van der Waals surface area contributed by atoms with Crippen molar-refractivity contribution >= 4 is 0 Å². The highest BCUT2D eigenvalue weighted by Crippen LogP contribution is 2.23. The van der Waals surface area contributed by atoms with E-state index in [2.05, 4.69) is 0 Å². The van der Waals surface area contributed by atoms with Gasteiger partial charge in [-0.3, -0.25) is 0 Å². The third kappa shape index (κ3) is 3.53.